The molecule has 4 rings (SSSR count). The fourth-order valence-corrected chi connectivity index (χ4v) is 3.40. The summed E-state index contributed by atoms with van der Waals surface area (Å²) < 4.78 is 16.5. The summed E-state index contributed by atoms with van der Waals surface area (Å²) in [6.07, 6.45) is -7.36. The fraction of sp³-hybridized carbons (Fsp3) is 0.286. The fourth-order valence-electron chi connectivity index (χ4n) is 3.40. The molecule has 0 amide bonds. The lowest BCUT2D eigenvalue weighted by atomic mass is 9.99. The van der Waals surface area contributed by atoms with Gasteiger partial charge in [0.05, 0.1) is 12.0 Å². The molecule has 32 heavy (non-hydrogen) atoms. The first-order valence-electron chi connectivity index (χ1n) is 9.50. The average molecular weight is 448 g/mol. The van der Waals surface area contributed by atoms with Crippen LogP contribution in [0.4, 0.5) is 0 Å². The molecule has 0 radical (unpaired) electrons. The van der Waals surface area contributed by atoms with Crippen molar-refractivity contribution in [3.05, 3.63) is 46.6 Å². The van der Waals surface area contributed by atoms with E-state index in [1.165, 1.54) is 18.2 Å². The maximum Gasteiger partial charge on any atom is 0.229 e. The molecule has 0 aliphatic carbocycles. The van der Waals surface area contributed by atoms with Crippen molar-refractivity contribution in [2.24, 2.45) is 0 Å². The van der Waals surface area contributed by atoms with E-state index in [0.29, 0.717) is 0 Å². The van der Waals surface area contributed by atoms with Crippen molar-refractivity contribution in [2.75, 3.05) is 6.61 Å². The zero-order valence-corrected chi connectivity index (χ0v) is 16.3. The summed E-state index contributed by atoms with van der Waals surface area (Å²) in [5.41, 5.74) is -0.258. The van der Waals surface area contributed by atoms with Crippen molar-refractivity contribution >= 4 is 11.0 Å². The first-order valence-corrected chi connectivity index (χ1v) is 9.50. The Morgan fingerprint density at radius 2 is 1.59 bits per heavy atom. The Balaban J connectivity index is 1.69. The Kier molecular flexibility index (Phi) is 5.67. The molecular formula is C21H20O11. The molecule has 2 heterocycles. The Morgan fingerprint density at radius 3 is 2.25 bits per heavy atom. The van der Waals surface area contributed by atoms with E-state index in [1.54, 1.807) is 0 Å². The van der Waals surface area contributed by atoms with Gasteiger partial charge in [-0.1, -0.05) is 0 Å². The van der Waals surface area contributed by atoms with Crippen LogP contribution in [-0.4, -0.2) is 73.1 Å². The number of aromatic hydroxyl groups is 3. The van der Waals surface area contributed by atoms with Crippen LogP contribution in [0.1, 0.15) is 0 Å². The van der Waals surface area contributed by atoms with E-state index in [2.05, 4.69) is 0 Å². The molecule has 1 aliphatic heterocycles. The van der Waals surface area contributed by atoms with Crippen LogP contribution in [0.5, 0.6) is 23.0 Å². The Labute approximate surface area is 179 Å². The number of hydrogen-bond donors (Lipinski definition) is 7. The highest BCUT2D eigenvalue weighted by atomic mass is 16.7. The number of aliphatic hydroxyl groups excluding tert-OH is 4. The molecule has 0 spiro atoms. The van der Waals surface area contributed by atoms with Gasteiger partial charge in [-0.3, -0.25) is 4.79 Å². The van der Waals surface area contributed by atoms with E-state index in [0.717, 1.165) is 18.2 Å². The summed E-state index contributed by atoms with van der Waals surface area (Å²) in [7, 11) is 0. The van der Waals surface area contributed by atoms with Crippen molar-refractivity contribution in [3.63, 3.8) is 0 Å². The van der Waals surface area contributed by atoms with Crippen molar-refractivity contribution in [1.82, 2.24) is 0 Å². The lowest BCUT2D eigenvalue weighted by Gasteiger charge is -2.39. The van der Waals surface area contributed by atoms with E-state index in [9.17, 15) is 40.5 Å². The lowest BCUT2D eigenvalue weighted by Crippen LogP contribution is -2.60. The molecule has 7 N–H and O–H groups in total. The van der Waals surface area contributed by atoms with E-state index in [-0.39, 0.29) is 28.0 Å². The van der Waals surface area contributed by atoms with Gasteiger partial charge in [0.25, 0.3) is 0 Å². The van der Waals surface area contributed by atoms with Gasteiger partial charge < -0.3 is 49.6 Å². The molecule has 2 aromatic carbocycles. The smallest absolute Gasteiger partial charge is 0.229 e. The van der Waals surface area contributed by atoms with Crippen molar-refractivity contribution in [3.8, 4) is 34.3 Å². The number of benzene rings is 2. The van der Waals surface area contributed by atoms with E-state index in [4.69, 9.17) is 13.9 Å². The SMILES string of the molecule is O=c1cc(-c2cc(O)c(O)c(O)c2)oc2cc(O[C@@H]3O[C@H](CO)[C@@H](O)[C@H](O)[C@H]3O)ccc12. The summed E-state index contributed by atoms with van der Waals surface area (Å²) in [6.45, 7) is -0.618. The summed E-state index contributed by atoms with van der Waals surface area (Å²) >= 11 is 0. The highest BCUT2D eigenvalue weighted by Gasteiger charge is 2.44. The van der Waals surface area contributed by atoms with Crippen LogP contribution < -0.4 is 10.2 Å². The topological polar surface area (TPSA) is 190 Å². The largest absolute Gasteiger partial charge is 0.504 e. The Hall–Kier alpha value is -3.35. The van der Waals surface area contributed by atoms with Crippen LogP contribution in [0.15, 0.2) is 45.6 Å². The molecule has 1 fully saturated rings. The number of fused-ring (bicyclic) bond motifs is 1. The zero-order chi connectivity index (χ0) is 23.2. The molecular weight excluding hydrogens is 428 g/mol. The van der Waals surface area contributed by atoms with E-state index >= 15 is 0 Å². The molecule has 11 heteroatoms. The quantitative estimate of drug-likeness (QED) is 0.261. The standard InChI is InChI=1S/C21H20O11/c22-7-16-18(27)19(28)20(29)21(32-16)30-9-1-2-10-11(23)6-14(31-15(10)5-9)8-3-12(24)17(26)13(25)4-8/h1-6,16,18-22,24-29H,7H2/t16-,18-,19+,20-,21-/m1/s1. The molecule has 0 saturated carbocycles. The zero-order valence-electron chi connectivity index (χ0n) is 16.3. The summed E-state index contributed by atoms with van der Waals surface area (Å²) in [5, 5.41) is 68.3. The van der Waals surface area contributed by atoms with Crippen LogP contribution in [0.25, 0.3) is 22.3 Å². The van der Waals surface area contributed by atoms with Gasteiger partial charge in [-0.15, -0.1) is 0 Å². The third-order valence-corrected chi connectivity index (χ3v) is 5.16. The molecule has 0 unspecified atom stereocenters. The highest BCUT2D eigenvalue weighted by molar-refractivity contribution is 5.80. The number of phenols is 3. The minimum atomic E-state index is -1.62. The van der Waals surface area contributed by atoms with Crippen LogP contribution >= 0.6 is 0 Å². The minimum Gasteiger partial charge on any atom is -0.504 e. The van der Waals surface area contributed by atoms with Crippen LogP contribution in [-0.2, 0) is 4.74 Å². The van der Waals surface area contributed by atoms with Gasteiger partial charge in [0, 0.05) is 17.7 Å². The van der Waals surface area contributed by atoms with Crippen LogP contribution in [0, 0.1) is 0 Å². The van der Waals surface area contributed by atoms with E-state index < -0.39 is 60.0 Å². The molecule has 1 aromatic heterocycles. The second kappa shape index (κ2) is 8.30. The second-order valence-corrected chi connectivity index (χ2v) is 7.31. The second-order valence-electron chi connectivity index (χ2n) is 7.31. The van der Waals surface area contributed by atoms with Crippen molar-refractivity contribution < 1.29 is 49.6 Å². The number of phenolic OH excluding ortho intramolecular Hbond substituents is 3. The Bertz CT molecular complexity index is 1180. The van der Waals surface area contributed by atoms with Crippen molar-refractivity contribution in [2.45, 2.75) is 30.7 Å². The van der Waals surface area contributed by atoms with Gasteiger partial charge in [-0.05, 0) is 24.3 Å². The molecule has 0 bridgehead atoms. The van der Waals surface area contributed by atoms with E-state index in [1.807, 2.05) is 0 Å². The number of hydrogen-bond acceptors (Lipinski definition) is 11. The maximum absolute atomic E-state index is 12.5. The van der Waals surface area contributed by atoms with Crippen LogP contribution in [0.3, 0.4) is 0 Å². The summed E-state index contributed by atoms with van der Waals surface area (Å²) in [5.74, 6) is -1.87. The van der Waals surface area contributed by atoms with Crippen LogP contribution in [0.2, 0.25) is 0 Å². The maximum atomic E-state index is 12.5. The highest BCUT2D eigenvalue weighted by Crippen LogP contribution is 2.39. The molecule has 5 atom stereocenters. The summed E-state index contributed by atoms with van der Waals surface area (Å²) in [4.78, 5) is 12.5. The molecule has 1 aliphatic rings. The molecule has 11 nitrogen and oxygen atoms in total. The van der Waals surface area contributed by atoms with Gasteiger partial charge in [0.2, 0.25) is 6.29 Å². The third kappa shape index (κ3) is 3.83. The summed E-state index contributed by atoms with van der Waals surface area (Å²) in [6, 6.07) is 7.48. The average Bonchev–Trinajstić information content (AvgIpc) is 2.77. The number of aliphatic hydroxyl groups is 4. The predicted octanol–water partition coefficient (Wildman–Crippen LogP) is -0.245. The molecule has 1 saturated heterocycles. The van der Waals surface area contributed by atoms with Gasteiger partial charge in [0.1, 0.15) is 41.5 Å². The number of ether oxygens (including phenoxy) is 2. The van der Waals surface area contributed by atoms with Gasteiger partial charge in [0.15, 0.2) is 22.7 Å². The predicted molar refractivity (Wildman–Crippen MR) is 107 cm³/mol. The molecule has 3 aromatic rings. The van der Waals surface area contributed by atoms with Gasteiger partial charge >= 0.3 is 0 Å². The normalized spacial score (nSPS) is 25.7. The lowest BCUT2D eigenvalue weighted by molar-refractivity contribution is -0.277. The minimum absolute atomic E-state index is 0.0157. The van der Waals surface area contributed by atoms with Crippen molar-refractivity contribution in [1.29, 1.82) is 0 Å². The first kappa shape index (κ1) is 21.9. The van der Waals surface area contributed by atoms with Gasteiger partial charge in [-0.25, -0.2) is 0 Å². The molecule has 170 valence electrons. The number of rotatable bonds is 4. The first-order chi connectivity index (χ1) is 15.2. The Morgan fingerprint density at radius 1 is 0.906 bits per heavy atom. The monoisotopic (exact) mass is 448 g/mol. The van der Waals surface area contributed by atoms with Gasteiger partial charge in [-0.2, -0.15) is 0 Å². The third-order valence-electron chi connectivity index (χ3n) is 5.16.